The molecule has 0 atom stereocenters. The maximum absolute atomic E-state index is 9.75. The Labute approximate surface area is 95.4 Å². The van der Waals surface area contributed by atoms with E-state index >= 15 is 0 Å². The summed E-state index contributed by atoms with van der Waals surface area (Å²) in [5.41, 5.74) is 1.39. The fourth-order valence-corrected chi connectivity index (χ4v) is 1.14. The number of rotatable bonds is 3. The Kier molecular flexibility index (Phi) is 6.93. The van der Waals surface area contributed by atoms with Gasteiger partial charge in [0.2, 0.25) is 0 Å². The molecule has 0 spiro atoms. The molecule has 0 radical (unpaired) electrons. The zero-order valence-corrected chi connectivity index (χ0v) is 9.60. The third-order valence-corrected chi connectivity index (χ3v) is 1.99. The van der Waals surface area contributed by atoms with Crippen molar-refractivity contribution < 1.29 is 18.7 Å². The first kappa shape index (κ1) is 15.1. The standard InChI is InChI=1S/C10H17N.BF4/c1-3-4-7-11-8-5-10(2)6-9-11;2-1(3,4)5/h5-6,8H,3-4,7,9H2,1-2H3;/q;-1/p+1. The van der Waals surface area contributed by atoms with Crippen LogP contribution in [0.1, 0.15) is 28.1 Å². The molecule has 1 nitrogen and oxygen atoms in total. The molecule has 1 heterocycles. The Morgan fingerprint density at radius 3 is 2.31 bits per heavy atom. The number of nitrogens with zero attached hydrogens (tertiary/aromatic N) is 1. The minimum absolute atomic E-state index is 0. The van der Waals surface area contributed by atoms with Crippen LogP contribution < -0.4 is 0 Å². The van der Waals surface area contributed by atoms with E-state index in [1.165, 1.54) is 25.0 Å². The van der Waals surface area contributed by atoms with Crippen LogP contribution in [0.25, 0.3) is 0 Å². The molecule has 1 aliphatic heterocycles. The van der Waals surface area contributed by atoms with E-state index in [9.17, 15) is 17.3 Å². The predicted octanol–water partition coefficient (Wildman–Crippen LogP) is 3.97. The van der Waals surface area contributed by atoms with Gasteiger partial charge in [-0.3, -0.25) is 0 Å². The Morgan fingerprint density at radius 2 is 1.94 bits per heavy atom. The summed E-state index contributed by atoms with van der Waals surface area (Å²) in [6.07, 6.45) is 9.24. The second-order valence-electron chi connectivity index (χ2n) is 3.61. The van der Waals surface area contributed by atoms with Gasteiger partial charge < -0.3 is 22.2 Å². The summed E-state index contributed by atoms with van der Waals surface area (Å²) in [6, 6.07) is 0. The van der Waals surface area contributed by atoms with Gasteiger partial charge in [-0.15, -0.1) is 0 Å². The lowest BCUT2D eigenvalue weighted by molar-refractivity contribution is 0.368. The number of hydrogen-bond donors (Lipinski definition) is 0. The summed E-state index contributed by atoms with van der Waals surface area (Å²) < 4.78 is 39.0. The minimum Gasteiger partial charge on any atom is -0.418 e. The van der Waals surface area contributed by atoms with Crippen LogP contribution >= 0.6 is 0 Å². The number of halogens is 4. The van der Waals surface area contributed by atoms with E-state index in [2.05, 4.69) is 37.1 Å². The first-order valence-electron chi connectivity index (χ1n) is 5.29. The smallest absolute Gasteiger partial charge is 0.418 e. The van der Waals surface area contributed by atoms with Crippen LogP contribution in [0, 0.1) is 0 Å². The van der Waals surface area contributed by atoms with Crippen molar-refractivity contribution >= 4 is 7.25 Å². The van der Waals surface area contributed by atoms with Crippen LogP contribution in [0.15, 0.2) is 23.9 Å². The molecule has 0 amide bonds. The lowest BCUT2D eigenvalue weighted by Crippen LogP contribution is -2.20. The molecule has 16 heavy (non-hydrogen) atoms. The van der Waals surface area contributed by atoms with Crippen molar-refractivity contribution in [3.05, 3.63) is 23.9 Å². The van der Waals surface area contributed by atoms with Gasteiger partial charge in [-0.2, -0.15) is 0 Å². The normalized spacial score (nSPS) is 15.4. The zero-order valence-electron chi connectivity index (χ0n) is 10.6. The van der Waals surface area contributed by atoms with Crippen molar-refractivity contribution in [2.45, 2.75) is 26.7 Å². The molecule has 0 bridgehead atoms. The van der Waals surface area contributed by atoms with Crippen LogP contribution in [-0.4, -0.2) is 25.2 Å². The fraction of sp³-hybridized carbons (Fsp3) is 0.600. The Balaban J connectivity index is 0. The van der Waals surface area contributed by atoms with E-state index in [1.54, 1.807) is 0 Å². The van der Waals surface area contributed by atoms with Crippen LogP contribution in [-0.2, 0) is 0 Å². The molecule has 0 unspecified atom stereocenters. The molecule has 0 aromatic carbocycles. The molecule has 0 aromatic rings. The van der Waals surface area contributed by atoms with E-state index in [1.807, 2.05) is 0 Å². The quantitative estimate of drug-likeness (QED) is 0.532. The number of hydrogen-bond acceptors (Lipinski definition) is 1. The van der Waals surface area contributed by atoms with E-state index in [0.29, 0.717) is 0 Å². The molecule has 0 fully saturated rings. The van der Waals surface area contributed by atoms with Gasteiger partial charge in [0.25, 0.3) is 0 Å². The molecule has 1 rings (SSSR count). The van der Waals surface area contributed by atoms with E-state index in [4.69, 9.17) is 0 Å². The Bertz CT molecular complexity index is 247. The maximum atomic E-state index is 9.75. The van der Waals surface area contributed by atoms with Crippen molar-refractivity contribution in [1.29, 1.82) is 0 Å². The van der Waals surface area contributed by atoms with Gasteiger partial charge >= 0.3 is 8.68 Å². The summed E-state index contributed by atoms with van der Waals surface area (Å²) in [5.74, 6) is 0. The van der Waals surface area contributed by atoms with Crippen molar-refractivity contribution in [3.63, 3.8) is 0 Å². The van der Waals surface area contributed by atoms with Gasteiger partial charge in [-0.1, -0.05) is 25.0 Å². The van der Waals surface area contributed by atoms with E-state index in [0.717, 1.165) is 6.54 Å². The summed E-state index contributed by atoms with van der Waals surface area (Å²) in [5, 5.41) is 0. The average Bonchev–Trinajstić information content (AvgIpc) is 2.14. The van der Waals surface area contributed by atoms with Crippen molar-refractivity contribution in [3.8, 4) is 0 Å². The third kappa shape index (κ3) is 11.1. The van der Waals surface area contributed by atoms with Crippen molar-refractivity contribution in [1.82, 2.24) is 4.90 Å². The molecular weight excluding hydrogens is 221 g/mol. The second kappa shape index (κ2) is 7.36. The van der Waals surface area contributed by atoms with E-state index in [-0.39, 0.29) is 1.43 Å². The molecule has 94 valence electrons. The lowest BCUT2D eigenvalue weighted by Gasteiger charge is -2.21. The topological polar surface area (TPSA) is 3.24 Å². The third-order valence-electron chi connectivity index (χ3n) is 1.99. The average molecular weight is 239 g/mol. The molecular formula is C10H18BF4N. The van der Waals surface area contributed by atoms with Crippen LogP contribution in [0.2, 0.25) is 0 Å². The minimum atomic E-state index is -6.00. The first-order valence-corrected chi connectivity index (χ1v) is 5.29. The van der Waals surface area contributed by atoms with Crippen LogP contribution in [0.5, 0.6) is 0 Å². The van der Waals surface area contributed by atoms with Gasteiger partial charge in [0.05, 0.1) is 0 Å². The van der Waals surface area contributed by atoms with Crippen molar-refractivity contribution in [2.75, 3.05) is 13.1 Å². The monoisotopic (exact) mass is 239 g/mol. The number of allylic oxidation sites excluding steroid dienone is 2. The summed E-state index contributed by atoms with van der Waals surface area (Å²) in [4.78, 5) is 2.36. The predicted molar refractivity (Wildman–Crippen MR) is 60.7 cm³/mol. The lowest BCUT2D eigenvalue weighted by atomic mass is 10.2. The van der Waals surface area contributed by atoms with Gasteiger partial charge in [0.15, 0.2) is 0 Å². The van der Waals surface area contributed by atoms with Gasteiger partial charge in [-0.05, 0) is 25.6 Å². The molecule has 0 N–H and O–H groups in total. The first-order chi connectivity index (χ1) is 7.33. The summed E-state index contributed by atoms with van der Waals surface area (Å²) >= 11 is 0. The fourth-order valence-electron chi connectivity index (χ4n) is 1.14. The summed E-state index contributed by atoms with van der Waals surface area (Å²) in [6.45, 7) is 6.68. The Hall–Kier alpha value is -0.935. The molecule has 6 heteroatoms. The SMILES string of the molecule is CCCCN1C=CC(C)=CC1.F[B-](F)(F)F.[H+]. The zero-order chi connectivity index (χ0) is 12.6. The molecule has 1 aliphatic rings. The van der Waals surface area contributed by atoms with Crippen molar-refractivity contribution in [2.24, 2.45) is 0 Å². The Morgan fingerprint density at radius 1 is 1.38 bits per heavy atom. The van der Waals surface area contributed by atoms with Crippen LogP contribution in [0.4, 0.5) is 17.3 Å². The molecule has 0 aliphatic carbocycles. The van der Waals surface area contributed by atoms with E-state index < -0.39 is 7.25 Å². The highest BCUT2D eigenvalue weighted by atomic mass is 19.5. The molecule has 0 saturated heterocycles. The molecule has 0 aromatic heterocycles. The largest absolute Gasteiger partial charge is 1.00 e. The molecule has 0 saturated carbocycles. The summed E-state index contributed by atoms with van der Waals surface area (Å²) in [7, 11) is -6.00. The highest BCUT2D eigenvalue weighted by Gasteiger charge is 2.20. The van der Waals surface area contributed by atoms with Gasteiger partial charge in [0, 0.05) is 13.1 Å². The maximum Gasteiger partial charge on any atom is 1.00 e. The second-order valence-corrected chi connectivity index (χ2v) is 3.61. The highest BCUT2D eigenvalue weighted by Crippen LogP contribution is 2.07. The van der Waals surface area contributed by atoms with Gasteiger partial charge in [-0.25, -0.2) is 0 Å². The number of unbranched alkanes of at least 4 members (excludes halogenated alkanes) is 1. The highest BCUT2D eigenvalue weighted by molar-refractivity contribution is 6.50. The van der Waals surface area contributed by atoms with Crippen LogP contribution in [0.3, 0.4) is 0 Å². The van der Waals surface area contributed by atoms with Gasteiger partial charge in [0.1, 0.15) is 0 Å².